The number of esters is 1. The number of rotatable bonds is 5. The summed E-state index contributed by atoms with van der Waals surface area (Å²) in [5, 5.41) is 5.93. The Bertz CT molecular complexity index is 267. The molecule has 0 spiro atoms. The highest BCUT2D eigenvalue weighted by Crippen LogP contribution is 2.10. The molecule has 1 fully saturated rings. The van der Waals surface area contributed by atoms with Crippen LogP contribution in [0.2, 0.25) is 0 Å². The summed E-state index contributed by atoms with van der Waals surface area (Å²) in [5.74, 6) is 1.55. The minimum Gasteiger partial charge on any atom is -0.464 e. The molecular weight excluding hydrogens is 240 g/mol. The van der Waals surface area contributed by atoms with E-state index in [1.807, 2.05) is 11.8 Å². The molecule has 0 saturated carbocycles. The van der Waals surface area contributed by atoms with E-state index in [4.69, 9.17) is 4.74 Å². The SMILES string of the molecule is CCOC(=O)C(C)NC(=O)CC1CSCCN1. The van der Waals surface area contributed by atoms with Crippen molar-refractivity contribution in [3.63, 3.8) is 0 Å². The second-order valence-corrected chi connectivity index (χ2v) is 5.12. The molecule has 0 aromatic carbocycles. The Kier molecular flexibility index (Phi) is 6.36. The van der Waals surface area contributed by atoms with Crippen LogP contribution >= 0.6 is 11.8 Å². The fourth-order valence-corrected chi connectivity index (χ4v) is 2.55. The normalized spacial score (nSPS) is 21.6. The van der Waals surface area contributed by atoms with Gasteiger partial charge in [0.25, 0.3) is 0 Å². The number of amides is 1. The van der Waals surface area contributed by atoms with Crippen molar-refractivity contribution in [2.24, 2.45) is 0 Å². The molecule has 0 bridgehead atoms. The van der Waals surface area contributed by atoms with Crippen LogP contribution in [0.5, 0.6) is 0 Å². The average Bonchev–Trinajstić information content (AvgIpc) is 2.30. The zero-order chi connectivity index (χ0) is 12.7. The first-order chi connectivity index (χ1) is 8.13. The molecule has 0 radical (unpaired) electrons. The summed E-state index contributed by atoms with van der Waals surface area (Å²) in [4.78, 5) is 23.0. The number of carbonyl (C=O) groups excluding carboxylic acids is 2. The molecule has 2 N–H and O–H groups in total. The monoisotopic (exact) mass is 260 g/mol. The van der Waals surface area contributed by atoms with Gasteiger partial charge in [-0.1, -0.05) is 0 Å². The van der Waals surface area contributed by atoms with Crippen LogP contribution in [-0.2, 0) is 14.3 Å². The molecule has 1 saturated heterocycles. The molecule has 98 valence electrons. The second-order valence-electron chi connectivity index (χ2n) is 3.97. The molecule has 0 aromatic rings. The van der Waals surface area contributed by atoms with Crippen LogP contribution in [0.1, 0.15) is 20.3 Å². The van der Waals surface area contributed by atoms with Crippen molar-refractivity contribution < 1.29 is 14.3 Å². The Morgan fingerprint density at radius 1 is 1.59 bits per heavy atom. The summed E-state index contributed by atoms with van der Waals surface area (Å²) in [6.45, 7) is 4.66. The molecule has 1 amide bonds. The zero-order valence-electron chi connectivity index (χ0n) is 10.3. The van der Waals surface area contributed by atoms with Gasteiger partial charge in [0, 0.05) is 30.5 Å². The van der Waals surface area contributed by atoms with Crippen LogP contribution in [0.3, 0.4) is 0 Å². The molecule has 17 heavy (non-hydrogen) atoms. The number of carbonyl (C=O) groups is 2. The van der Waals surface area contributed by atoms with Crippen LogP contribution in [-0.4, -0.2) is 48.6 Å². The fourth-order valence-electron chi connectivity index (χ4n) is 1.60. The number of thioether (sulfide) groups is 1. The first kappa shape index (κ1) is 14.3. The molecule has 0 aliphatic carbocycles. The summed E-state index contributed by atoms with van der Waals surface area (Å²) in [6, 6.07) is -0.359. The van der Waals surface area contributed by atoms with Gasteiger partial charge in [-0.3, -0.25) is 4.79 Å². The standard InChI is InChI=1S/C11H20N2O3S/c1-3-16-11(15)8(2)13-10(14)6-9-7-17-5-4-12-9/h8-9,12H,3-7H2,1-2H3,(H,13,14). The number of ether oxygens (including phenoxy) is 1. The van der Waals surface area contributed by atoms with Crippen LogP contribution < -0.4 is 10.6 Å². The first-order valence-corrected chi connectivity index (χ1v) is 7.06. The van der Waals surface area contributed by atoms with Crippen LogP contribution in [0, 0.1) is 0 Å². The number of hydrogen-bond acceptors (Lipinski definition) is 5. The zero-order valence-corrected chi connectivity index (χ0v) is 11.1. The van der Waals surface area contributed by atoms with E-state index in [0.717, 1.165) is 18.1 Å². The molecule has 6 heteroatoms. The lowest BCUT2D eigenvalue weighted by Crippen LogP contribution is -2.45. The molecule has 1 rings (SSSR count). The fraction of sp³-hybridized carbons (Fsp3) is 0.818. The number of nitrogens with one attached hydrogen (secondary N) is 2. The van der Waals surface area contributed by atoms with E-state index in [1.165, 1.54) is 0 Å². The van der Waals surface area contributed by atoms with Crippen molar-refractivity contribution >= 4 is 23.6 Å². The molecule has 0 aromatic heterocycles. The minimum atomic E-state index is -0.571. The number of hydrogen-bond donors (Lipinski definition) is 2. The summed E-state index contributed by atoms with van der Waals surface area (Å²) in [6.07, 6.45) is 0.413. The van der Waals surface area contributed by atoms with Gasteiger partial charge in [0.1, 0.15) is 6.04 Å². The van der Waals surface area contributed by atoms with Gasteiger partial charge in [0.15, 0.2) is 0 Å². The Morgan fingerprint density at radius 2 is 2.35 bits per heavy atom. The Hall–Kier alpha value is -0.750. The van der Waals surface area contributed by atoms with E-state index < -0.39 is 6.04 Å². The third-order valence-corrected chi connectivity index (χ3v) is 3.58. The predicted molar refractivity (Wildman–Crippen MR) is 68.0 cm³/mol. The average molecular weight is 260 g/mol. The molecule has 2 unspecified atom stereocenters. The van der Waals surface area contributed by atoms with Gasteiger partial charge in [0.05, 0.1) is 6.61 Å². The highest BCUT2D eigenvalue weighted by Gasteiger charge is 2.20. The van der Waals surface area contributed by atoms with Crippen LogP contribution in [0.4, 0.5) is 0 Å². The van der Waals surface area contributed by atoms with E-state index in [9.17, 15) is 9.59 Å². The maximum Gasteiger partial charge on any atom is 0.328 e. The lowest BCUT2D eigenvalue weighted by atomic mass is 10.2. The highest BCUT2D eigenvalue weighted by atomic mass is 32.2. The van der Waals surface area contributed by atoms with Crippen LogP contribution in [0.15, 0.2) is 0 Å². The van der Waals surface area contributed by atoms with E-state index in [0.29, 0.717) is 13.0 Å². The van der Waals surface area contributed by atoms with Gasteiger partial charge >= 0.3 is 5.97 Å². The molecule has 1 heterocycles. The van der Waals surface area contributed by atoms with E-state index in [1.54, 1.807) is 13.8 Å². The summed E-state index contributed by atoms with van der Waals surface area (Å²) >= 11 is 1.84. The lowest BCUT2D eigenvalue weighted by Gasteiger charge is -2.23. The first-order valence-electron chi connectivity index (χ1n) is 5.90. The molecule has 5 nitrogen and oxygen atoms in total. The topological polar surface area (TPSA) is 67.4 Å². The summed E-state index contributed by atoms with van der Waals surface area (Å²) in [5.41, 5.74) is 0. The van der Waals surface area contributed by atoms with Crippen molar-refractivity contribution in [2.45, 2.75) is 32.4 Å². The smallest absolute Gasteiger partial charge is 0.328 e. The quantitative estimate of drug-likeness (QED) is 0.689. The molecular formula is C11H20N2O3S. The predicted octanol–water partition coefficient (Wildman–Crippen LogP) is 0.149. The Morgan fingerprint density at radius 3 is 2.94 bits per heavy atom. The maximum absolute atomic E-state index is 11.7. The molecule has 1 aliphatic heterocycles. The summed E-state index contributed by atoms with van der Waals surface area (Å²) in [7, 11) is 0. The van der Waals surface area contributed by atoms with Gasteiger partial charge < -0.3 is 15.4 Å². The third-order valence-electron chi connectivity index (χ3n) is 2.45. The second kappa shape index (κ2) is 7.55. The van der Waals surface area contributed by atoms with Gasteiger partial charge in [-0.2, -0.15) is 11.8 Å². The maximum atomic E-state index is 11.7. The summed E-state index contributed by atoms with van der Waals surface area (Å²) < 4.78 is 4.82. The van der Waals surface area contributed by atoms with Crippen molar-refractivity contribution in [1.82, 2.24) is 10.6 Å². The van der Waals surface area contributed by atoms with E-state index in [2.05, 4.69) is 10.6 Å². The minimum absolute atomic E-state index is 0.106. The van der Waals surface area contributed by atoms with Gasteiger partial charge in [-0.05, 0) is 13.8 Å². The van der Waals surface area contributed by atoms with E-state index in [-0.39, 0.29) is 17.9 Å². The lowest BCUT2D eigenvalue weighted by molar-refractivity contribution is -0.146. The highest BCUT2D eigenvalue weighted by molar-refractivity contribution is 7.99. The largest absolute Gasteiger partial charge is 0.464 e. The third kappa shape index (κ3) is 5.41. The van der Waals surface area contributed by atoms with Gasteiger partial charge in [0.2, 0.25) is 5.91 Å². The Labute approximate surface area is 106 Å². The van der Waals surface area contributed by atoms with Gasteiger partial charge in [-0.15, -0.1) is 0 Å². The molecule has 1 aliphatic rings. The van der Waals surface area contributed by atoms with Crippen molar-refractivity contribution in [3.8, 4) is 0 Å². The Balaban J connectivity index is 2.25. The van der Waals surface area contributed by atoms with Crippen molar-refractivity contribution in [3.05, 3.63) is 0 Å². The van der Waals surface area contributed by atoms with Crippen LogP contribution in [0.25, 0.3) is 0 Å². The van der Waals surface area contributed by atoms with E-state index >= 15 is 0 Å². The van der Waals surface area contributed by atoms with Gasteiger partial charge in [-0.25, -0.2) is 4.79 Å². The molecule has 2 atom stereocenters. The van der Waals surface area contributed by atoms with Crippen molar-refractivity contribution in [1.29, 1.82) is 0 Å². The van der Waals surface area contributed by atoms with Crippen molar-refractivity contribution in [2.75, 3.05) is 24.7 Å².